The topological polar surface area (TPSA) is 23.6 Å². The predicted molar refractivity (Wildman–Crippen MR) is 117 cm³/mol. The number of likely N-dealkylation sites (tertiary alicyclic amines) is 1. The molecule has 0 radical (unpaired) electrons. The molecular weight excluding hydrogens is 380 g/mol. The molecule has 5 rings (SSSR count). The van der Waals surface area contributed by atoms with Gasteiger partial charge in [-0.1, -0.05) is 60.8 Å². The largest absolute Gasteiger partial charge is 0.340 e. The quantitative estimate of drug-likeness (QED) is 0.727. The van der Waals surface area contributed by atoms with E-state index in [1.54, 1.807) is 0 Å². The van der Waals surface area contributed by atoms with E-state index in [1.165, 1.54) is 11.1 Å². The summed E-state index contributed by atoms with van der Waals surface area (Å²) in [4.78, 5) is 18.5. The van der Waals surface area contributed by atoms with Gasteiger partial charge in [0.1, 0.15) is 0 Å². The summed E-state index contributed by atoms with van der Waals surface area (Å²) in [7, 11) is 0. The first kappa shape index (κ1) is 19.1. The van der Waals surface area contributed by atoms with Crippen molar-refractivity contribution < 1.29 is 4.79 Å². The number of hydrogen-bond acceptors (Lipinski definition) is 2. The monoisotopic (exact) mass is 408 g/mol. The maximum Gasteiger partial charge on any atom is 0.233 e. The third-order valence-corrected chi connectivity index (χ3v) is 7.64. The zero-order valence-corrected chi connectivity index (χ0v) is 17.7. The Labute approximate surface area is 178 Å². The summed E-state index contributed by atoms with van der Waals surface area (Å²) >= 11 is 6.11. The molecule has 0 N–H and O–H groups in total. The number of halogens is 1. The smallest absolute Gasteiger partial charge is 0.233 e. The van der Waals surface area contributed by atoms with Gasteiger partial charge in [0.2, 0.25) is 5.91 Å². The molecule has 152 valence electrons. The van der Waals surface area contributed by atoms with Crippen LogP contribution in [0.1, 0.15) is 48.8 Å². The Hall–Kier alpha value is -1.84. The van der Waals surface area contributed by atoms with Gasteiger partial charge in [-0.2, -0.15) is 0 Å². The van der Waals surface area contributed by atoms with Crippen LogP contribution in [0.25, 0.3) is 0 Å². The van der Waals surface area contributed by atoms with E-state index in [4.69, 9.17) is 11.6 Å². The van der Waals surface area contributed by atoms with Gasteiger partial charge in [-0.25, -0.2) is 0 Å². The van der Waals surface area contributed by atoms with Crippen LogP contribution in [0, 0.1) is 0 Å². The van der Waals surface area contributed by atoms with Gasteiger partial charge in [0.25, 0.3) is 0 Å². The van der Waals surface area contributed by atoms with E-state index < -0.39 is 0 Å². The third kappa shape index (κ3) is 3.49. The fourth-order valence-corrected chi connectivity index (χ4v) is 5.86. The van der Waals surface area contributed by atoms with Crippen molar-refractivity contribution in [3.05, 3.63) is 70.2 Å². The van der Waals surface area contributed by atoms with Crippen LogP contribution in [0.2, 0.25) is 5.02 Å². The molecule has 1 unspecified atom stereocenters. The van der Waals surface area contributed by atoms with E-state index in [9.17, 15) is 4.79 Å². The minimum absolute atomic E-state index is 0.339. The molecule has 2 fully saturated rings. The highest BCUT2D eigenvalue weighted by molar-refractivity contribution is 6.30. The lowest BCUT2D eigenvalue weighted by atomic mass is 9.77. The van der Waals surface area contributed by atoms with Gasteiger partial charge in [0.05, 0.1) is 5.41 Å². The van der Waals surface area contributed by atoms with E-state index in [1.807, 2.05) is 12.1 Å². The van der Waals surface area contributed by atoms with Crippen molar-refractivity contribution >= 4 is 17.5 Å². The Morgan fingerprint density at radius 3 is 2.45 bits per heavy atom. The summed E-state index contributed by atoms with van der Waals surface area (Å²) in [6.07, 6.45) is 6.40. The molecule has 2 aliphatic heterocycles. The molecule has 3 nitrogen and oxygen atoms in total. The maximum atomic E-state index is 13.8. The highest BCUT2D eigenvalue weighted by Gasteiger charge is 2.46. The first-order chi connectivity index (χ1) is 14.2. The van der Waals surface area contributed by atoms with E-state index >= 15 is 0 Å². The zero-order valence-electron chi connectivity index (χ0n) is 16.9. The van der Waals surface area contributed by atoms with Crippen molar-refractivity contribution in [1.29, 1.82) is 0 Å². The summed E-state index contributed by atoms with van der Waals surface area (Å²) in [6, 6.07) is 17.3. The van der Waals surface area contributed by atoms with Gasteiger partial charge in [0.15, 0.2) is 0 Å². The fourth-order valence-electron chi connectivity index (χ4n) is 5.73. The molecule has 1 aliphatic carbocycles. The minimum Gasteiger partial charge on any atom is -0.340 e. The lowest BCUT2D eigenvalue weighted by Gasteiger charge is -2.35. The number of benzene rings is 2. The predicted octanol–water partition coefficient (Wildman–Crippen LogP) is 4.81. The molecule has 2 heterocycles. The summed E-state index contributed by atoms with van der Waals surface area (Å²) < 4.78 is 0. The molecule has 0 spiro atoms. The van der Waals surface area contributed by atoms with Gasteiger partial charge in [0, 0.05) is 37.2 Å². The van der Waals surface area contributed by atoms with Gasteiger partial charge in [-0.05, 0) is 54.5 Å². The van der Waals surface area contributed by atoms with Gasteiger partial charge >= 0.3 is 0 Å². The maximum absolute atomic E-state index is 13.8. The number of nitrogens with zero attached hydrogens (tertiary/aromatic N) is 2. The van der Waals surface area contributed by atoms with Crippen molar-refractivity contribution in [2.75, 3.05) is 19.6 Å². The van der Waals surface area contributed by atoms with E-state index in [0.717, 1.165) is 75.3 Å². The van der Waals surface area contributed by atoms with Gasteiger partial charge in [-0.3, -0.25) is 9.69 Å². The average Bonchev–Trinajstić information content (AvgIpc) is 3.44. The van der Waals surface area contributed by atoms with E-state index in [-0.39, 0.29) is 5.41 Å². The number of carbonyl (C=O) groups is 1. The van der Waals surface area contributed by atoms with Crippen molar-refractivity contribution in [2.24, 2.45) is 0 Å². The highest BCUT2D eigenvalue weighted by atomic mass is 35.5. The number of rotatable bonds is 3. The average molecular weight is 409 g/mol. The molecule has 1 atom stereocenters. The molecule has 2 aromatic carbocycles. The molecule has 3 aliphatic rings. The van der Waals surface area contributed by atoms with E-state index in [0.29, 0.717) is 11.9 Å². The Kier molecular flexibility index (Phi) is 5.13. The van der Waals surface area contributed by atoms with Crippen LogP contribution in [0.15, 0.2) is 48.5 Å². The van der Waals surface area contributed by atoms with Crippen LogP contribution in [0.4, 0.5) is 0 Å². The Morgan fingerprint density at radius 1 is 0.966 bits per heavy atom. The summed E-state index contributed by atoms with van der Waals surface area (Å²) in [5.41, 5.74) is 3.76. The number of carbonyl (C=O) groups excluding carboxylic acids is 1. The third-order valence-electron chi connectivity index (χ3n) is 7.39. The minimum atomic E-state index is -0.339. The lowest BCUT2D eigenvalue weighted by molar-refractivity contribution is -0.136. The van der Waals surface area contributed by atoms with Crippen molar-refractivity contribution in [3.63, 3.8) is 0 Å². The highest BCUT2D eigenvalue weighted by Crippen LogP contribution is 2.43. The standard InChI is InChI=1S/C25H29ClN2O/c26-22-9-7-21(8-10-22)25(13-3-4-14-25)24(29)28-16-12-23(18-28)27-15-11-19-5-1-2-6-20(19)17-27/h1-2,5-10,23H,3-4,11-18H2. The number of fused-ring (bicyclic) bond motifs is 1. The second-order valence-corrected chi connectivity index (χ2v) is 9.42. The van der Waals surface area contributed by atoms with Crippen molar-refractivity contribution in [2.45, 2.75) is 56.5 Å². The van der Waals surface area contributed by atoms with Crippen molar-refractivity contribution in [1.82, 2.24) is 9.80 Å². The van der Waals surface area contributed by atoms with Crippen LogP contribution in [-0.2, 0) is 23.2 Å². The summed E-state index contributed by atoms with van der Waals surface area (Å²) in [6.45, 7) is 3.88. The Bertz CT molecular complexity index is 888. The van der Waals surface area contributed by atoms with Gasteiger partial charge < -0.3 is 4.90 Å². The van der Waals surface area contributed by atoms with Gasteiger partial charge in [-0.15, -0.1) is 0 Å². The second kappa shape index (κ2) is 7.77. The first-order valence-electron chi connectivity index (χ1n) is 11.0. The zero-order chi connectivity index (χ0) is 19.8. The molecule has 0 aromatic heterocycles. The van der Waals surface area contributed by atoms with E-state index in [2.05, 4.69) is 46.2 Å². The van der Waals surface area contributed by atoms with Crippen molar-refractivity contribution in [3.8, 4) is 0 Å². The normalized spacial score (nSPS) is 23.9. The molecule has 1 amide bonds. The number of hydrogen-bond donors (Lipinski definition) is 0. The van der Waals surface area contributed by atoms with Crippen LogP contribution in [0.3, 0.4) is 0 Å². The molecule has 29 heavy (non-hydrogen) atoms. The van der Waals surface area contributed by atoms with Crippen LogP contribution >= 0.6 is 11.6 Å². The number of amides is 1. The molecule has 2 aromatic rings. The molecule has 1 saturated heterocycles. The molecule has 0 bridgehead atoms. The van der Waals surface area contributed by atoms with Crippen LogP contribution < -0.4 is 0 Å². The Morgan fingerprint density at radius 2 is 1.69 bits per heavy atom. The summed E-state index contributed by atoms with van der Waals surface area (Å²) in [5.74, 6) is 0.345. The molecule has 4 heteroatoms. The SMILES string of the molecule is O=C(N1CCC(N2CCc3ccccc3C2)C1)C1(c2ccc(Cl)cc2)CCCC1. The first-order valence-corrected chi connectivity index (χ1v) is 11.4. The van der Waals surface area contributed by atoms with Crippen LogP contribution in [0.5, 0.6) is 0 Å². The second-order valence-electron chi connectivity index (χ2n) is 8.98. The molecule has 1 saturated carbocycles. The Balaban J connectivity index is 1.31. The lowest BCUT2D eigenvalue weighted by Crippen LogP contribution is -2.46. The van der Waals surface area contributed by atoms with Crippen LogP contribution in [-0.4, -0.2) is 41.4 Å². The molecular formula is C25H29ClN2O. The fraction of sp³-hybridized carbons (Fsp3) is 0.480. The summed E-state index contributed by atoms with van der Waals surface area (Å²) in [5, 5.41) is 0.737.